The Bertz CT molecular complexity index is 880. The SMILES string of the molecule is Cc1ccccc1NC(=O)[C@H](C)OC(=O)C[C@@H]1Oc2ccccc2NC1=O. The number of amides is 2. The van der Waals surface area contributed by atoms with Gasteiger partial charge in [-0.3, -0.25) is 14.4 Å². The maximum absolute atomic E-state index is 12.2. The minimum atomic E-state index is -1.00. The van der Waals surface area contributed by atoms with Gasteiger partial charge >= 0.3 is 5.97 Å². The van der Waals surface area contributed by atoms with E-state index in [4.69, 9.17) is 9.47 Å². The van der Waals surface area contributed by atoms with Gasteiger partial charge in [0.05, 0.1) is 12.1 Å². The normalized spacial score (nSPS) is 16.4. The van der Waals surface area contributed by atoms with Crippen molar-refractivity contribution in [2.24, 2.45) is 0 Å². The standard InChI is InChI=1S/C20H20N2O5/c1-12-7-3-4-8-14(12)21-19(24)13(2)26-18(23)11-17-20(25)22-15-9-5-6-10-16(15)27-17/h3-10,13,17H,11H2,1-2H3,(H,21,24)(H,22,25)/t13-,17-/m0/s1. The summed E-state index contributed by atoms with van der Waals surface area (Å²) in [5, 5.41) is 5.39. The largest absolute Gasteiger partial charge is 0.478 e. The van der Waals surface area contributed by atoms with Gasteiger partial charge in [-0.2, -0.15) is 0 Å². The number of hydrogen-bond donors (Lipinski definition) is 2. The summed E-state index contributed by atoms with van der Waals surface area (Å²) < 4.78 is 10.7. The van der Waals surface area contributed by atoms with Gasteiger partial charge in [0.2, 0.25) is 0 Å². The first-order chi connectivity index (χ1) is 12.9. The first-order valence-corrected chi connectivity index (χ1v) is 8.56. The van der Waals surface area contributed by atoms with E-state index in [1.165, 1.54) is 6.92 Å². The number of ether oxygens (including phenoxy) is 2. The molecule has 0 saturated heterocycles. The minimum Gasteiger partial charge on any atom is -0.478 e. The fraction of sp³-hybridized carbons (Fsp3) is 0.250. The molecule has 2 N–H and O–H groups in total. The van der Waals surface area contributed by atoms with Gasteiger partial charge in [-0.25, -0.2) is 0 Å². The highest BCUT2D eigenvalue weighted by atomic mass is 16.6. The number of para-hydroxylation sites is 3. The molecule has 2 aromatic rings. The lowest BCUT2D eigenvalue weighted by atomic mass is 10.1. The lowest BCUT2D eigenvalue weighted by Gasteiger charge is -2.25. The molecule has 0 radical (unpaired) electrons. The zero-order valence-electron chi connectivity index (χ0n) is 15.0. The lowest BCUT2D eigenvalue weighted by Crippen LogP contribution is -2.40. The van der Waals surface area contributed by atoms with Crippen LogP contribution in [0.15, 0.2) is 48.5 Å². The van der Waals surface area contributed by atoms with Crippen LogP contribution in [0.4, 0.5) is 11.4 Å². The molecule has 1 aliphatic heterocycles. The van der Waals surface area contributed by atoms with E-state index < -0.39 is 30.0 Å². The average molecular weight is 368 g/mol. The molecule has 27 heavy (non-hydrogen) atoms. The smallest absolute Gasteiger partial charge is 0.310 e. The molecule has 0 aromatic heterocycles. The highest BCUT2D eigenvalue weighted by Gasteiger charge is 2.31. The molecule has 1 heterocycles. The van der Waals surface area contributed by atoms with Gasteiger partial charge in [0.15, 0.2) is 12.2 Å². The third kappa shape index (κ3) is 4.44. The summed E-state index contributed by atoms with van der Waals surface area (Å²) in [6.45, 7) is 3.34. The van der Waals surface area contributed by atoms with Crippen molar-refractivity contribution < 1.29 is 23.9 Å². The first kappa shape index (κ1) is 18.4. The van der Waals surface area contributed by atoms with Crippen molar-refractivity contribution in [2.45, 2.75) is 32.5 Å². The summed E-state index contributed by atoms with van der Waals surface area (Å²) in [6, 6.07) is 14.2. The predicted molar refractivity (Wildman–Crippen MR) is 99.5 cm³/mol. The summed E-state index contributed by atoms with van der Waals surface area (Å²) in [4.78, 5) is 36.4. The number of rotatable bonds is 5. The monoisotopic (exact) mass is 368 g/mol. The van der Waals surface area contributed by atoms with Gasteiger partial charge < -0.3 is 20.1 Å². The fourth-order valence-electron chi connectivity index (χ4n) is 2.62. The number of nitrogens with one attached hydrogen (secondary N) is 2. The second-order valence-electron chi connectivity index (χ2n) is 6.23. The van der Waals surface area contributed by atoms with Gasteiger partial charge in [-0.1, -0.05) is 30.3 Å². The van der Waals surface area contributed by atoms with Crippen LogP contribution in [0.1, 0.15) is 18.9 Å². The molecule has 140 valence electrons. The molecule has 0 saturated carbocycles. The number of benzene rings is 2. The van der Waals surface area contributed by atoms with Crippen LogP contribution in [0.3, 0.4) is 0 Å². The van der Waals surface area contributed by atoms with E-state index in [0.717, 1.165) is 5.56 Å². The second-order valence-corrected chi connectivity index (χ2v) is 6.23. The molecule has 0 bridgehead atoms. The third-order valence-corrected chi connectivity index (χ3v) is 4.14. The molecular formula is C20H20N2O5. The number of carbonyl (C=O) groups is 3. The Kier molecular flexibility index (Phi) is 5.40. The van der Waals surface area contributed by atoms with Crippen LogP contribution >= 0.6 is 0 Å². The van der Waals surface area contributed by atoms with Crippen LogP contribution in [0.5, 0.6) is 5.75 Å². The molecule has 2 aromatic carbocycles. The topological polar surface area (TPSA) is 93.7 Å². The zero-order chi connectivity index (χ0) is 19.4. The Morgan fingerprint density at radius 1 is 1.19 bits per heavy atom. The van der Waals surface area contributed by atoms with Crippen molar-refractivity contribution in [3.63, 3.8) is 0 Å². The molecule has 0 unspecified atom stereocenters. The van der Waals surface area contributed by atoms with Crippen molar-refractivity contribution in [1.82, 2.24) is 0 Å². The van der Waals surface area contributed by atoms with Gasteiger partial charge in [-0.15, -0.1) is 0 Å². The third-order valence-electron chi connectivity index (χ3n) is 4.14. The van der Waals surface area contributed by atoms with Crippen LogP contribution in [-0.2, 0) is 19.1 Å². The van der Waals surface area contributed by atoms with E-state index in [9.17, 15) is 14.4 Å². The molecule has 0 aliphatic carbocycles. The van der Waals surface area contributed by atoms with Crippen molar-refractivity contribution >= 4 is 29.2 Å². The van der Waals surface area contributed by atoms with Gasteiger partial charge in [0.25, 0.3) is 11.8 Å². The molecule has 1 aliphatic rings. The molecule has 0 fully saturated rings. The number of esters is 1. The van der Waals surface area contributed by atoms with E-state index in [0.29, 0.717) is 17.1 Å². The lowest BCUT2D eigenvalue weighted by molar-refractivity contribution is -0.155. The molecule has 7 nitrogen and oxygen atoms in total. The van der Waals surface area contributed by atoms with Crippen molar-refractivity contribution in [1.29, 1.82) is 0 Å². The Hall–Kier alpha value is -3.35. The van der Waals surface area contributed by atoms with Crippen LogP contribution in [-0.4, -0.2) is 30.0 Å². The Balaban J connectivity index is 1.55. The summed E-state index contributed by atoms with van der Waals surface area (Å²) in [5.74, 6) is -1.08. The number of fused-ring (bicyclic) bond motifs is 1. The minimum absolute atomic E-state index is 0.290. The molecule has 3 rings (SSSR count). The molecular weight excluding hydrogens is 348 g/mol. The van der Waals surface area contributed by atoms with Gasteiger partial charge in [0.1, 0.15) is 5.75 Å². The maximum atomic E-state index is 12.2. The van der Waals surface area contributed by atoms with Crippen molar-refractivity contribution in [3.05, 3.63) is 54.1 Å². The number of aryl methyl sites for hydroxylation is 1. The molecule has 2 atom stereocenters. The highest BCUT2D eigenvalue weighted by Crippen LogP contribution is 2.29. The molecule has 0 spiro atoms. The molecule has 2 amide bonds. The maximum Gasteiger partial charge on any atom is 0.310 e. The fourth-order valence-corrected chi connectivity index (χ4v) is 2.62. The average Bonchev–Trinajstić information content (AvgIpc) is 2.64. The first-order valence-electron chi connectivity index (χ1n) is 8.56. The van der Waals surface area contributed by atoms with Crippen LogP contribution in [0.2, 0.25) is 0 Å². The summed E-state index contributed by atoms with van der Waals surface area (Å²) in [6.07, 6.45) is -2.29. The van der Waals surface area contributed by atoms with Crippen molar-refractivity contribution in [2.75, 3.05) is 10.6 Å². The van der Waals surface area contributed by atoms with Gasteiger partial charge in [0, 0.05) is 5.69 Å². The van der Waals surface area contributed by atoms with E-state index in [1.54, 1.807) is 36.4 Å². The van der Waals surface area contributed by atoms with Gasteiger partial charge in [-0.05, 0) is 37.6 Å². The Morgan fingerprint density at radius 2 is 1.89 bits per heavy atom. The van der Waals surface area contributed by atoms with E-state index >= 15 is 0 Å². The summed E-state index contributed by atoms with van der Waals surface area (Å²) in [5.41, 5.74) is 2.10. The van der Waals surface area contributed by atoms with Crippen LogP contribution < -0.4 is 15.4 Å². The van der Waals surface area contributed by atoms with Crippen LogP contribution in [0, 0.1) is 6.92 Å². The van der Waals surface area contributed by atoms with E-state index in [2.05, 4.69) is 10.6 Å². The molecule has 7 heteroatoms. The quantitative estimate of drug-likeness (QED) is 0.792. The predicted octanol–water partition coefficient (Wildman–Crippen LogP) is 2.66. The van der Waals surface area contributed by atoms with Crippen LogP contribution in [0.25, 0.3) is 0 Å². The Labute approximate surface area is 156 Å². The summed E-state index contributed by atoms with van der Waals surface area (Å²) >= 11 is 0. The number of hydrogen-bond acceptors (Lipinski definition) is 5. The summed E-state index contributed by atoms with van der Waals surface area (Å²) in [7, 11) is 0. The van der Waals surface area contributed by atoms with E-state index in [-0.39, 0.29) is 6.42 Å². The van der Waals surface area contributed by atoms with Crippen molar-refractivity contribution in [3.8, 4) is 5.75 Å². The van der Waals surface area contributed by atoms with E-state index in [1.807, 2.05) is 19.1 Å². The number of carbonyl (C=O) groups excluding carboxylic acids is 3. The zero-order valence-corrected chi connectivity index (χ0v) is 15.0. The number of anilines is 2. The second kappa shape index (κ2) is 7.90. The highest BCUT2D eigenvalue weighted by molar-refractivity contribution is 6.00. The Morgan fingerprint density at radius 3 is 2.67 bits per heavy atom.